The highest BCUT2D eigenvalue weighted by Crippen LogP contribution is 2.62. The van der Waals surface area contributed by atoms with Crippen LogP contribution in [0.2, 0.25) is 0 Å². The Balaban J connectivity index is 0.00000210. The zero-order valence-corrected chi connectivity index (χ0v) is 18.6. The molecule has 0 amide bonds. The minimum absolute atomic E-state index is 0. The minimum atomic E-state index is -0.976. The fourth-order valence-corrected chi connectivity index (χ4v) is 5.04. The van der Waals surface area contributed by atoms with Crippen LogP contribution in [0.3, 0.4) is 0 Å². The molecule has 4 unspecified atom stereocenters. The minimum Gasteiger partial charge on any atom is -0.384 e. The highest BCUT2D eigenvalue weighted by atomic mass is 127. The zero-order chi connectivity index (χ0) is 18.2. The maximum Gasteiger partial charge on any atom is 0.191 e. The maximum absolute atomic E-state index is 10.8. The topological polar surface area (TPSA) is 65.9 Å². The molecule has 4 rings (SSSR count). The number of nitrogens with zero attached hydrogens (tertiary/aromatic N) is 1. The van der Waals surface area contributed by atoms with E-state index in [1.807, 2.05) is 37.3 Å². The van der Waals surface area contributed by atoms with Gasteiger partial charge in [0, 0.05) is 30.5 Å². The van der Waals surface area contributed by atoms with Crippen LogP contribution in [0.25, 0.3) is 0 Å². The fraction of sp³-hybridized carbons (Fsp3) is 0.667. The van der Waals surface area contributed by atoms with E-state index in [-0.39, 0.29) is 24.0 Å². The van der Waals surface area contributed by atoms with Gasteiger partial charge in [0.1, 0.15) is 5.60 Å². The van der Waals surface area contributed by atoms with E-state index in [2.05, 4.69) is 17.6 Å². The highest BCUT2D eigenvalue weighted by Gasteiger charge is 2.66. The van der Waals surface area contributed by atoms with Crippen LogP contribution >= 0.6 is 24.0 Å². The third kappa shape index (κ3) is 3.72. The van der Waals surface area contributed by atoms with Crippen molar-refractivity contribution in [2.45, 2.75) is 57.3 Å². The Kier molecular flexibility index (Phi) is 6.37. The molecule has 4 atom stereocenters. The van der Waals surface area contributed by atoms with Gasteiger partial charge in [-0.15, -0.1) is 24.0 Å². The monoisotopic (exact) mass is 485 g/mol. The molecule has 0 aromatic heterocycles. The number of halogens is 1. The third-order valence-corrected chi connectivity index (χ3v) is 6.61. The van der Waals surface area contributed by atoms with Crippen molar-refractivity contribution in [3.63, 3.8) is 0 Å². The highest BCUT2D eigenvalue weighted by molar-refractivity contribution is 14.0. The summed E-state index contributed by atoms with van der Waals surface area (Å²) in [6.45, 7) is 5.94. The van der Waals surface area contributed by atoms with Crippen molar-refractivity contribution in [3.8, 4) is 0 Å². The van der Waals surface area contributed by atoms with Crippen LogP contribution in [0.1, 0.15) is 45.1 Å². The van der Waals surface area contributed by atoms with Crippen LogP contribution < -0.4 is 10.6 Å². The molecule has 1 spiro atoms. The lowest BCUT2D eigenvalue weighted by molar-refractivity contribution is -0.171. The van der Waals surface area contributed by atoms with Crippen molar-refractivity contribution in [2.24, 2.45) is 16.3 Å². The van der Waals surface area contributed by atoms with Gasteiger partial charge in [-0.25, -0.2) is 4.99 Å². The second-order valence-electron chi connectivity index (χ2n) is 8.29. The van der Waals surface area contributed by atoms with Crippen LogP contribution in [0.4, 0.5) is 0 Å². The number of nitrogens with one attached hydrogen (secondary N) is 2. The lowest BCUT2D eigenvalue weighted by atomic mass is 9.46. The van der Waals surface area contributed by atoms with E-state index in [1.165, 1.54) is 19.3 Å². The van der Waals surface area contributed by atoms with Gasteiger partial charge < -0.3 is 20.5 Å². The van der Waals surface area contributed by atoms with Crippen LogP contribution in [0, 0.1) is 11.3 Å². The molecule has 3 aliphatic rings. The first-order chi connectivity index (χ1) is 12.6. The van der Waals surface area contributed by atoms with E-state index in [0.29, 0.717) is 30.0 Å². The number of benzene rings is 1. The summed E-state index contributed by atoms with van der Waals surface area (Å²) in [6, 6.07) is 10.2. The number of hydrogen-bond donors (Lipinski definition) is 3. The predicted molar refractivity (Wildman–Crippen MR) is 118 cm³/mol. The number of aliphatic hydroxyl groups is 1. The first kappa shape index (κ1) is 20.9. The lowest BCUT2D eigenvalue weighted by Gasteiger charge is -2.63. The smallest absolute Gasteiger partial charge is 0.191 e. The van der Waals surface area contributed by atoms with E-state index in [9.17, 15) is 5.11 Å². The number of fused-ring (bicyclic) bond motifs is 2. The van der Waals surface area contributed by atoms with Gasteiger partial charge in [0.25, 0.3) is 0 Å². The second-order valence-corrected chi connectivity index (χ2v) is 8.29. The summed E-state index contributed by atoms with van der Waals surface area (Å²) in [5.41, 5.74) is 0.235. The molecule has 0 bridgehead atoms. The number of ether oxygens (including phenoxy) is 1. The lowest BCUT2D eigenvalue weighted by Crippen LogP contribution is -2.72. The molecular weight excluding hydrogens is 453 g/mol. The average Bonchev–Trinajstić information content (AvgIpc) is 3.02. The van der Waals surface area contributed by atoms with Gasteiger partial charge in [-0.1, -0.05) is 36.8 Å². The summed E-state index contributed by atoms with van der Waals surface area (Å²) in [5, 5.41) is 17.9. The van der Waals surface area contributed by atoms with Crippen LogP contribution in [-0.4, -0.2) is 42.9 Å². The molecule has 150 valence electrons. The number of aliphatic imine (C=N–C) groups is 1. The molecule has 6 heteroatoms. The first-order valence-electron chi connectivity index (χ1n) is 10.0. The largest absolute Gasteiger partial charge is 0.384 e. The van der Waals surface area contributed by atoms with E-state index in [0.717, 1.165) is 31.1 Å². The Morgan fingerprint density at radius 3 is 2.70 bits per heavy atom. The van der Waals surface area contributed by atoms with Gasteiger partial charge >= 0.3 is 0 Å². The second kappa shape index (κ2) is 8.25. The van der Waals surface area contributed by atoms with Crippen LogP contribution in [0.5, 0.6) is 0 Å². The quantitative estimate of drug-likeness (QED) is 0.341. The zero-order valence-electron chi connectivity index (χ0n) is 16.3. The molecule has 0 radical (unpaired) electrons. The Hall–Kier alpha value is -0.860. The molecule has 3 N–H and O–H groups in total. The normalized spacial score (nSPS) is 30.3. The van der Waals surface area contributed by atoms with Crippen molar-refractivity contribution in [2.75, 3.05) is 19.7 Å². The summed E-state index contributed by atoms with van der Waals surface area (Å²) in [7, 11) is 0. The van der Waals surface area contributed by atoms with Crippen molar-refractivity contribution in [1.29, 1.82) is 0 Å². The van der Waals surface area contributed by atoms with E-state index < -0.39 is 5.60 Å². The van der Waals surface area contributed by atoms with Crippen molar-refractivity contribution in [3.05, 3.63) is 35.9 Å². The SMILES string of the molecule is CCNC(=NCC(C)(O)c1ccccc1)NC1C2CCOC2C12CCC2.I. The predicted octanol–water partition coefficient (Wildman–Crippen LogP) is 3.02. The molecule has 5 nitrogen and oxygen atoms in total. The summed E-state index contributed by atoms with van der Waals surface area (Å²) in [4.78, 5) is 4.73. The van der Waals surface area contributed by atoms with Gasteiger partial charge in [0.15, 0.2) is 5.96 Å². The van der Waals surface area contributed by atoms with Gasteiger partial charge in [-0.05, 0) is 38.7 Å². The summed E-state index contributed by atoms with van der Waals surface area (Å²) < 4.78 is 6.01. The van der Waals surface area contributed by atoms with E-state index in [4.69, 9.17) is 9.73 Å². The van der Waals surface area contributed by atoms with Gasteiger partial charge in [0.2, 0.25) is 0 Å². The van der Waals surface area contributed by atoms with Gasteiger partial charge in [0.05, 0.1) is 12.6 Å². The Morgan fingerprint density at radius 1 is 1.33 bits per heavy atom. The summed E-state index contributed by atoms with van der Waals surface area (Å²) in [5.74, 6) is 1.42. The number of rotatable bonds is 5. The van der Waals surface area contributed by atoms with Crippen molar-refractivity contribution >= 4 is 29.9 Å². The molecule has 2 aliphatic carbocycles. The average molecular weight is 485 g/mol. The molecule has 1 heterocycles. The summed E-state index contributed by atoms with van der Waals surface area (Å²) in [6.07, 6.45) is 5.41. The Bertz CT molecular complexity index is 661. The van der Waals surface area contributed by atoms with E-state index >= 15 is 0 Å². The van der Waals surface area contributed by atoms with Gasteiger partial charge in [-0.3, -0.25) is 0 Å². The van der Waals surface area contributed by atoms with Crippen LogP contribution in [-0.2, 0) is 10.3 Å². The molecule has 3 fully saturated rings. The molecule has 1 saturated heterocycles. The summed E-state index contributed by atoms with van der Waals surface area (Å²) >= 11 is 0. The van der Waals surface area contributed by atoms with Crippen molar-refractivity contribution in [1.82, 2.24) is 10.6 Å². The maximum atomic E-state index is 10.8. The Labute approximate surface area is 179 Å². The molecule has 1 aliphatic heterocycles. The van der Waals surface area contributed by atoms with Crippen molar-refractivity contribution < 1.29 is 9.84 Å². The number of guanidine groups is 1. The molecule has 27 heavy (non-hydrogen) atoms. The third-order valence-electron chi connectivity index (χ3n) is 6.61. The fourth-order valence-electron chi connectivity index (χ4n) is 5.04. The number of hydrogen-bond acceptors (Lipinski definition) is 3. The molecule has 1 aromatic rings. The van der Waals surface area contributed by atoms with E-state index in [1.54, 1.807) is 0 Å². The first-order valence-corrected chi connectivity index (χ1v) is 10.0. The Morgan fingerprint density at radius 2 is 2.07 bits per heavy atom. The standard InChI is InChI=1S/C21H31N3O2.HI/c1-3-22-19(23-14-20(2,25)15-8-5-4-6-9-15)24-17-16-10-13-26-18(16)21(17)11-7-12-21;/h4-6,8-9,16-18,25H,3,7,10-14H2,1-2H3,(H2,22,23,24);1H. The molecular formula is C21H32IN3O2. The van der Waals surface area contributed by atoms with Gasteiger partial charge in [-0.2, -0.15) is 0 Å². The molecule has 1 aromatic carbocycles. The molecule has 2 saturated carbocycles. The van der Waals surface area contributed by atoms with Crippen LogP contribution in [0.15, 0.2) is 35.3 Å².